The van der Waals surface area contributed by atoms with Crippen molar-refractivity contribution in [1.82, 2.24) is 5.32 Å². The van der Waals surface area contributed by atoms with Gasteiger partial charge in [-0.05, 0) is 62.1 Å². The molecule has 0 bridgehead atoms. The standard InChI is InChI=1S/C27H34N4O6/c1-16(32)12-18-7-10-25(37-4)21(14-18)26(35)31-22(6-5-11-30-27(28)29)23(34)15-19-8-9-24(36-3)20(13-19)17(2)33/h7-10,13-14,22H,5-6,11-12,15H2,1-4H3,(H,31,35)(H4,28,29,30)/t22-/m1/s1. The van der Waals surface area contributed by atoms with Crippen LogP contribution in [0.5, 0.6) is 11.5 Å². The molecule has 2 aromatic carbocycles. The number of guanidine groups is 1. The summed E-state index contributed by atoms with van der Waals surface area (Å²) in [6, 6.07) is 9.01. The zero-order valence-corrected chi connectivity index (χ0v) is 21.6. The molecule has 0 aliphatic rings. The molecule has 0 spiro atoms. The Kier molecular flexibility index (Phi) is 10.8. The third-order valence-electron chi connectivity index (χ3n) is 5.62. The van der Waals surface area contributed by atoms with Crippen LogP contribution >= 0.6 is 0 Å². The third kappa shape index (κ3) is 8.75. The average Bonchev–Trinajstić information content (AvgIpc) is 2.84. The maximum absolute atomic E-state index is 13.3. The number of aliphatic imine (C=N–C) groups is 1. The summed E-state index contributed by atoms with van der Waals surface area (Å²) in [6.45, 7) is 3.17. The van der Waals surface area contributed by atoms with Gasteiger partial charge in [0.1, 0.15) is 17.3 Å². The summed E-state index contributed by atoms with van der Waals surface area (Å²) < 4.78 is 10.6. The van der Waals surface area contributed by atoms with Crippen LogP contribution < -0.4 is 26.3 Å². The topological polar surface area (TPSA) is 163 Å². The van der Waals surface area contributed by atoms with Gasteiger partial charge < -0.3 is 26.3 Å². The molecule has 0 unspecified atom stereocenters. The maximum atomic E-state index is 13.3. The number of ether oxygens (including phenoxy) is 2. The van der Waals surface area contributed by atoms with E-state index in [2.05, 4.69) is 10.3 Å². The Hall–Kier alpha value is -4.21. The Morgan fingerprint density at radius 3 is 2.00 bits per heavy atom. The van der Waals surface area contributed by atoms with E-state index in [0.29, 0.717) is 34.6 Å². The van der Waals surface area contributed by atoms with Crippen LogP contribution in [0.2, 0.25) is 0 Å². The summed E-state index contributed by atoms with van der Waals surface area (Å²) in [7, 11) is 2.90. The number of rotatable bonds is 14. The molecule has 5 N–H and O–H groups in total. The van der Waals surface area contributed by atoms with Gasteiger partial charge in [-0.15, -0.1) is 0 Å². The average molecular weight is 511 g/mol. The molecule has 37 heavy (non-hydrogen) atoms. The molecule has 0 heterocycles. The van der Waals surface area contributed by atoms with Crippen molar-refractivity contribution in [2.45, 2.75) is 45.6 Å². The van der Waals surface area contributed by atoms with E-state index >= 15 is 0 Å². The minimum Gasteiger partial charge on any atom is -0.496 e. The Balaban J connectivity index is 2.30. The number of carbonyl (C=O) groups is 4. The fourth-order valence-corrected chi connectivity index (χ4v) is 3.85. The van der Waals surface area contributed by atoms with Crippen molar-refractivity contribution < 1.29 is 28.7 Å². The van der Waals surface area contributed by atoms with Crippen molar-refractivity contribution >= 4 is 29.2 Å². The first-order chi connectivity index (χ1) is 17.5. The predicted octanol–water partition coefficient (Wildman–Crippen LogP) is 2.00. The second-order valence-electron chi connectivity index (χ2n) is 8.62. The molecule has 0 aromatic heterocycles. The summed E-state index contributed by atoms with van der Waals surface area (Å²) >= 11 is 0. The van der Waals surface area contributed by atoms with Gasteiger partial charge in [0.25, 0.3) is 5.91 Å². The molecule has 0 saturated heterocycles. The number of benzene rings is 2. The van der Waals surface area contributed by atoms with E-state index in [4.69, 9.17) is 20.9 Å². The highest BCUT2D eigenvalue weighted by molar-refractivity contribution is 6.01. The first kappa shape index (κ1) is 29.0. The van der Waals surface area contributed by atoms with Crippen molar-refractivity contribution in [1.29, 1.82) is 0 Å². The molecule has 0 aliphatic heterocycles. The van der Waals surface area contributed by atoms with E-state index in [1.54, 1.807) is 36.4 Å². The summed E-state index contributed by atoms with van der Waals surface area (Å²) in [5.41, 5.74) is 12.6. The zero-order valence-electron chi connectivity index (χ0n) is 21.6. The van der Waals surface area contributed by atoms with E-state index in [1.807, 2.05) is 0 Å². The lowest BCUT2D eigenvalue weighted by Gasteiger charge is -2.19. The predicted molar refractivity (Wildman–Crippen MR) is 140 cm³/mol. The molecular weight excluding hydrogens is 476 g/mol. The normalized spacial score (nSPS) is 11.2. The van der Waals surface area contributed by atoms with E-state index in [-0.39, 0.29) is 54.7 Å². The number of amides is 1. The van der Waals surface area contributed by atoms with Gasteiger partial charge in [0.15, 0.2) is 17.5 Å². The smallest absolute Gasteiger partial charge is 0.255 e. The lowest BCUT2D eigenvalue weighted by atomic mass is 9.97. The number of ketones is 3. The second-order valence-corrected chi connectivity index (χ2v) is 8.62. The van der Waals surface area contributed by atoms with Gasteiger partial charge in [-0.2, -0.15) is 0 Å². The summed E-state index contributed by atoms with van der Waals surface area (Å²) in [6.07, 6.45) is 0.879. The highest BCUT2D eigenvalue weighted by Gasteiger charge is 2.24. The first-order valence-corrected chi connectivity index (χ1v) is 11.8. The number of methoxy groups -OCH3 is 2. The molecule has 0 fully saturated rings. The number of carbonyl (C=O) groups excluding carboxylic acids is 4. The van der Waals surface area contributed by atoms with Crippen LogP contribution in [0.15, 0.2) is 41.4 Å². The molecule has 10 nitrogen and oxygen atoms in total. The number of Topliss-reactive ketones (excluding diaryl/α,β-unsaturated/α-hetero) is 3. The van der Waals surface area contributed by atoms with Gasteiger partial charge in [-0.25, -0.2) is 0 Å². The van der Waals surface area contributed by atoms with E-state index in [0.717, 1.165) is 0 Å². The lowest BCUT2D eigenvalue weighted by Crippen LogP contribution is -2.42. The van der Waals surface area contributed by atoms with Crippen LogP contribution in [0.3, 0.4) is 0 Å². The molecule has 1 amide bonds. The summed E-state index contributed by atoms with van der Waals surface area (Å²) in [5.74, 6) is -0.326. The van der Waals surface area contributed by atoms with Gasteiger partial charge in [0.05, 0.1) is 31.4 Å². The zero-order chi connectivity index (χ0) is 27.5. The number of nitrogens with zero attached hydrogens (tertiary/aromatic N) is 1. The van der Waals surface area contributed by atoms with Crippen LogP contribution in [0.1, 0.15) is 58.5 Å². The van der Waals surface area contributed by atoms with Gasteiger partial charge >= 0.3 is 0 Å². The third-order valence-corrected chi connectivity index (χ3v) is 5.62. The van der Waals surface area contributed by atoms with Gasteiger partial charge in [-0.1, -0.05) is 12.1 Å². The molecule has 0 saturated carbocycles. The molecule has 1 atom stereocenters. The molecule has 10 heteroatoms. The van der Waals surface area contributed by atoms with Gasteiger partial charge in [0.2, 0.25) is 0 Å². The van der Waals surface area contributed by atoms with E-state index < -0.39 is 11.9 Å². The van der Waals surface area contributed by atoms with Crippen LogP contribution in [0.25, 0.3) is 0 Å². The maximum Gasteiger partial charge on any atom is 0.255 e. The largest absolute Gasteiger partial charge is 0.496 e. The van der Waals surface area contributed by atoms with E-state index in [9.17, 15) is 19.2 Å². The Labute approximate surface area is 216 Å². The van der Waals surface area contributed by atoms with Crippen LogP contribution in [-0.4, -0.2) is 56.0 Å². The Morgan fingerprint density at radius 1 is 0.892 bits per heavy atom. The van der Waals surface area contributed by atoms with E-state index in [1.165, 1.54) is 28.1 Å². The van der Waals surface area contributed by atoms with Crippen LogP contribution in [0.4, 0.5) is 0 Å². The molecule has 2 aromatic rings. The molecule has 198 valence electrons. The van der Waals surface area contributed by atoms with Crippen LogP contribution in [-0.2, 0) is 22.4 Å². The highest BCUT2D eigenvalue weighted by Crippen LogP contribution is 2.23. The van der Waals surface area contributed by atoms with Gasteiger partial charge in [-0.3, -0.25) is 24.2 Å². The molecular formula is C27H34N4O6. The second kappa shape index (κ2) is 13.8. The fourth-order valence-electron chi connectivity index (χ4n) is 3.85. The molecule has 0 radical (unpaired) electrons. The summed E-state index contributed by atoms with van der Waals surface area (Å²) in [5, 5.41) is 2.80. The quantitative estimate of drug-likeness (QED) is 0.150. The highest BCUT2D eigenvalue weighted by atomic mass is 16.5. The number of nitrogens with one attached hydrogen (secondary N) is 1. The van der Waals surface area contributed by atoms with Crippen molar-refractivity contribution in [3.05, 3.63) is 58.7 Å². The van der Waals surface area contributed by atoms with Crippen molar-refractivity contribution in [3.63, 3.8) is 0 Å². The minimum atomic E-state index is -0.856. The first-order valence-electron chi connectivity index (χ1n) is 11.8. The van der Waals surface area contributed by atoms with Gasteiger partial charge in [0, 0.05) is 19.4 Å². The minimum absolute atomic E-state index is 0.0149. The van der Waals surface area contributed by atoms with Crippen LogP contribution in [0, 0.1) is 0 Å². The molecule has 2 rings (SSSR count). The van der Waals surface area contributed by atoms with Crippen molar-refractivity contribution in [2.24, 2.45) is 16.5 Å². The van der Waals surface area contributed by atoms with Crippen molar-refractivity contribution in [2.75, 3.05) is 20.8 Å². The number of nitrogens with two attached hydrogens (primary N) is 2. The van der Waals surface area contributed by atoms with Crippen molar-refractivity contribution in [3.8, 4) is 11.5 Å². The SMILES string of the molecule is COc1ccc(CC(=O)[C@@H](CCCN=C(N)N)NC(=O)c2cc(CC(C)=O)ccc2OC)cc1C(C)=O. The number of hydrogen-bond acceptors (Lipinski definition) is 7. The monoisotopic (exact) mass is 510 g/mol. The molecule has 0 aliphatic carbocycles. The lowest BCUT2D eigenvalue weighted by molar-refractivity contribution is -0.120. The fraction of sp³-hybridized carbons (Fsp3) is 0.370. The Bertz CT molecular complexity index is 1190. The Morgan fingerprint density at radius 2 is 1.46 bits per heavy atom. The summed E-state index contributed by atoms with van der Waals surface area (Å²) in [4.78, 5) is 54.0. The number of hydrogen-bond donors (Lipinski definition) is 3.